The molecule has 0 radical (unpaired) electrons. The van der Waals surface area contributed by atoms with Gasteiger partial charge in [-0.15, -0.1) is 0 Å². The molecule has 2 aliphatic heterocycles. The zero-order valence-corrected chi connectivity index (χ0v) is 16.7. The first kappa shape index (κ1) is 19.5. The Balaban J connectivity index is 1.50. The van der Waals surface area contributed by atoms with Gasteiger partial charge in [-0.05, 0) is 50.5 Å². The van der Waals surface area contributed by atoms with E-state index >= 15 is 0 Å². The molecule has 2 amide bonds. The molecule has 0 unspecified atom stereocenters. The Morgan fingerprint density at radius 2 is 2.10 bits per heavy atom. The van der Waals surface area contributed by atoms with Crippen LogP contribution in [-0.2, 0) is 11.3 Å². The number of aryl methyl sites for hydroxylation is 1. The van der Waals surface area contributed by atoms with Crippen molar-refractivity contribution in [3.05, 3.63) is 53.2 Å². The topological polar surface area (TPSA) is 63.0 Å². The normalized spacial score (nSPS) is 21.8. The molecular formula is C22H25FN2O4. The van der Waals surface area contributed by atoms with Crippen molar-refractivity contribution < 1.29 is 23.1 Å². The number of benzene rings is 1. The standard InChI is InChI=1S/C22H25FN2O4/c1-15-6-11-29-19(15)20(26)25-10-8-22(14-25)7-3-9-24(21(22)27)13-16-12-17(28-2)4-5-18(16)23/h4-6,11-12H,3,7-10,13-14H2,1-2H3/t22-/m1/s1. The van der Waals surface area contributed by atoms with E-state index in [9.17, 15) is 14.0 Å². The van der Waals surface area contributed by atoms with Gasteiger partial charge in [0.15, 0.2) is 5.76 Å². The Labute approximate surface area is 169 Å². The molecule has 154 valence electrons. The number of ether oxygens (including phenoxy) is 1. The van der Waals surface area contributed by atoms with Crippen LogP contribution in [0.25, 0.3) is 0 Å². The third-order valence-corrected chi connectivity index (χ3v) is 6.14. The summed E-state index contributed by atoms with van der Waals surface area (Å²) in [5, 5.41) is 0. The van der Waals surface area contributed by atoms with Gasteiger partial charge in [0.2, 0.25) is 5.91 Å². The van der Waals surface area contributed by atoms with Crippen molar-refractivity contribution in [1.82, 2.24) is 9.80 Å². The van der Waals surface area contributed by atoms with E-state index in [2.05, 4.69) is 0 Å². The van der Waals surface area contributed by atoms with Gasteiger partial charge in [0.1, 0.15) is 11.6 Å². The van der Waals surface area contributed by atoms with E-state index in [-0.39, 0.29) is 24.2 Å². The Morgan fingerprint density at radius 3 is 2.83 bits per heavy atom. The summed E-state index contributed by atoms with van der Waals surface area (Å²) in [7, 11) is 1.53. The largest absolute Gasteiger partial charge is 0.497 e. The number of rotatable bonds is 4. The van der Waals surface area contributed by atoms with Crippen LogP contribution in [0.4, 0.5) is 4.39 Å². The van der Waals surface area contributed by atoms with Crippen LogP contribution < -0.4 is 4.74 Å². The van der Waals surface area contributed by atoms with Gasteiger partial charge in [-0.2, -0.15) is 0 Å². The van der Waals surface area contributed by atoms with E-state index in [1.54, 1.807) is 28.0 Å². The fourth-order valence-corrected chi connectivity index (χ4v) is 4.47. The number of halogens is 1. The van der Waals surface area contributed by atoms with Crippen molar-refractivity contribution in [3.8, 4) is 5.75 Å². The van der Waals surface area contributed by atoms with E-state index in [1.165, 1.54) is 19.4 Å². The molecule has 2 aliphatic rings. The number of hydrogen-bond donors (Lipinski definition) is 0. The fraction of sp³-hybridized carbons (Fsp3) is 0.455. The third kappa shape index (κ3) is 3.50. The van der Waals surface area contributed by atoms with Gasteiger partial charge in [0, 0.05) is 37.3 Å². The zero-order valence-electron chi connectivity index (χ0n) is 16.7. The number of methoxy groups -OCH3 is 1. The highest BCUT2D eigenvalue weighted by Crippen LogP contribution is 2.41. The molecule has 4 rings (SSSR count). The lowest BCUT2D eigenvalue weighted by atomic mass is 9.78. The number of furan rings is 1. The van der Waals surface area contributed by atoms with Gasteiger partial charge >= 0.3 is 0 Å². The third-order valence-electron chi connectivity index (χ3n) is 6.14. The van der Waals surface area contributed by atoms with Crippen LogP contribution in [0.2, 0.25) is 0 Å². The fourth-order valence-electron chi connectivity index (χ4n) is 4.47. The monoisotopic (exact) mass is 400 g/mol. The zero-order chi connectivity index (χ0) is 20.6. The minimum absolute atomic E-state index is 0.00237. The van der Waals surface area contributed by atoms with Crippen LogP contribution in [-0.4, -0.2) is 48.4 Å². The Bertz CT molecular complexity index is 941. The molecular weight excluding hydrogens is 375 g/mol. The molecule has 6 nitrogen and oxygen atoms in total. The molecule has 0 N–H and O–H groups in total. The van der Waals surface area contributed by atoms with E-state index in [0.29, 0.717) is 43.1 Å². The van der Waals surface area contributed by atoms with Crippen LogP contribution in [0.3, 0.4) is 0 Å². The lowest BCUT2D eigenvalue weighted by molar-refractivity contribution is -0.146. The van der Waals surface area contributed by atoms with Crippen LogP contribution in [0.15, 0.2) is 34.9 Å². The first-order chi connectivity index (χ1) is 13.9. The summed E-state index contributed by atoms with van der Waals surface area (Å²) in [6.07, 6.45) is 3.70. The van der Waals surface area contributed by atoms with Gasteiger partial charge in [-0.3, -0.25) is 9.59 Å². The van der Waals surface area contributed by atoms with Crippen molar-refractivity contribution in [2.24, 2.45) is 5.41 Å². The first-order valence-corrected chi connectivity index (χ1v) is 9.89. The molecule has 2 saturated heterocycles. The number of piperidine rings is 1. The summed E-state index contributed by atoms with van der Waals surface area (Å²) >= 11 is 0. The molecule has 3 heterocycles. The molecule has 0 bridgehead atoms. The molecule has 1 spiro atoms. The second-order valence-corrected chi connectivity index (χ2v) is 7.98. The Morgan fingerprint density at radius 1 is 1.28 bits per heavy atom. The lowest BCUT2D eigenvalue weighted by Gasteiger charge is -2.39. The minimum Gasteiger partial charge on any atom is -0.497 e. The van der Waals surface area contributed by atoms with Crippen LogP contribution in [0.5, 0.6) is 5.75 Å². The van der Waals surface area contributed by atoms with Crippen molar-refractivity contribution in [1.29, 1.82) is 0 Å². The van der Waals surface area contributed by atoms with E-state index in [0.717, 1.165) is 18.4 Å². The average molecular weight is 400 g/mol. The summed E-state index contributed by atoms with van der Waals surface area (Å²) in [5.74, 6) is 0.368. The summed E-state index contributed by atoms with van der Waals surface area (Å²) < 4.78 is 24.8. The van der Waals surface area contributed by atoms with Crippen LogP contribution in [0, 0.1) is 18.2 Å². The van der Waals surface area contributed by atoms with Crippen LogP contribution in [0.1, 0.15) is 40.9 Å². The number of carbonyl (C=O) groups excluding carboxylic acids is 2. The number of carbonyl (C=O) groups is 2. The molecule has 1 aromatic carbocycles. The smallest absolute Gasteiger partial charge is 0.289 e. The molecule has 2 aromatic rings. The average Bonchev–Trinajstić information content (AvgIpc) is 3.34. The lowest BCUT2D eigenvalue weighted by Crippen LogP contribution is -2.50. The minimum atomic E-state index is -0.594. The van der Waals surface area contributed by atoms with E-state index in [4.69, 9.17) is 9.15 Å². The molecule has 7 heteroatoms. The Hall–Kier alpha value is -2.83. The summed E-state index contributed by atoms with van der Waals surface area (Å²) in [4.78, 5) is 29.6. The maximum atomic E-state index is 14.3. The highest BCUT2D eigenvalue weighted by Gasteiger charge is 2.49. The summed E-state index contributed by atoms with van der Waals surface area (Å²) in [5.41, 5.74) is 0.636. The maximum Gasteiger partial charge on any atom is 0.289 e. The number of amides is 2. The van der Waals surface area contributed by atoms with Gasteiger partial charge < -0.3 is 19.0 Å². The second kappa shape index (κ2) is 7.54. The van der Waals surface area contributed by atoms with E-state index in [1.807, 2.05) is 6.92 Å². The van der Waals surface area contributed by atoms with Crippen LogP contribution >= 0.6 is 0 Å². The molecule has 2 fully saturated rings. The molecule has 29 heavy (non-hydrogen) atoms. The van der Waals surface area contributed by atoms with Crippen molar-refractivity contribution in [3.63, 3.8) is 0 Å². The van der Waals surface area contributed by atoms with Gasteiger partial charge in [0.05, 0.1) is 18.8 Å². The molecule has 1 atom stereocenters. The quantitative estimate of drug-likeness (QED) is 0.789. The maximum absolute atomic E-state index is 14.3. The molecule has 1 aromatic heterocycles. The summed E-state index contributed by atoms with van der Waals surface area (Å²) in [6.45, 7) is 3.52. The predicted molar refractivity (Wildman–Crippen MR) is 104 cm³/mol. The molecule has 0 saturated carbocycles. The van der Waals surface area contributed by atoms with Crippen molar-refractivity contribution in [2.75, 3.05) is 26.7 Å². The second-order valence-electron chi connectivity index (χ2n) is 7.98. The molecule has 0 aliphatic carbocycles. The van der Waals surface area contributed by atoms with Gasteiger partial charge in [0.25, 0.3) is 5.91 Å². The SMILES string of the molecule is COc1ccc(F)c(CN2CCC[C@]3(CCN(C(=O)c4occc4C)C3)C2=O)c1. The summed E-state index contributed by atoms with van der Waals surface area (Å²) in [6, 6.07) is 6.32. The van der Waals surface area contributed by atoms with Crippen molar-refractivity contribution >= 4 is 11.8 Å². The number of nitrogens with zero attached hydrogens (tertiary/aromatic N) is 2. The first-order valence-electron chi connectivity index (χ1n) is 9.89. The highest BCUT2D eigenvalue weighted by atomic mass is 19.1. The Kier molecular flexibility index (Phi) is 5.06. The van der Waals surface area contributed by atoms with Gasteiger partial charge in [-0.1, -0.05) is 0 Å². The number of hydrogen-bond acceptors (Lipinski definition) is 4. The number of likely N-dealkylation sites (tertiary alicyclic amines) is 2. The highest BCUT2D eigenvalue weighted by molar-refractivity contribution is 5.94. The van der Waals surface area contributed by atoms with E-state index < -0.39 is 5.41 Å². The predicted octanol–water partition coefficient (Wildman–Crippen LogP) is 3.39. The van der Waals surface area contributed by atoms with Crippen molar-refractivity contribution in [2.45, 2.75) is 32.7 Å². The van der Waals surface area contributed by atoms with Gasteiger partial charge in [-0.25, -0.2) is 4.39 Å².